The molecule has 0 fully saturated rings. The van der Waals surface area contributed by atoms with Gasteiger partial charge in [-0.15, -0.1) is 0 Å². The van der Waals surface area contributed by atoms with Crippen molar-refractivity contribution in [3.63, 3.8) is 0 Å². The van der Waals surface area contributed by atoms with Crippen LogP contribution in [0.1, 0.15) is 60.8 Å². The van der Waals surface area contributed by atoms with Gasteiger partial charge in [-0.25, -0.2) is 9.48 Å². The lowest BCUT2D eigenvalue weighted by Gasteiger charge is -2.14. The van der Waals surface area contributed by atoms with Crippen molar-refractivity contribution in [3.8, 4) is 5.69 Å². The second-order valence-electron chi connectivity index (χ2n) is 8.04. The van der Waals surface area contributed by atoms with Gasteiger partial charge in [0.15, 0.2) is 0 Å². The van der Waals surface area contributed by atoms with Crippen LogP contribution in [0.4, 0.5) is 11.5 Å². The van der Waals surface area contributed by atoms with Gasteiger partial charge >= 0.3 is 5.97 Å². The van der Waals surface area contributed by atoms with Gasteiger partial charge < -0.3 is 10.1 Å². The van der Waals surface area contributed by atoms with Crippen molar-refractivity contribution in [3.05, 3.63) is 70.9 Å². The maximum atomic E-state index is 12.4. The average Bonchev–Trinajstić information content (AvgIpc) is 3.16. The number of nitrogens with one attached hydrogen (secondary N) is 1. The first-order valence-corrected chi connectivity index (χ1v) is 10.5. The van der Waals surface area contributed by atoms with Crippen LogP contribution in [-0.2, 0) is 11.2 Å². The minimum atomic E-state index is -0.356. The highest BCUT2D eigenvalue weighted by atomic mass is 16.5. The van der Waals surface area contributed by atoms with Gasteiger partial charge in [0.2, 0.25) is 0 Å². The molecule has 1 unspecified atom stereocenters. The highest BCUT2D eigenvalue weighted by Gasteiger charge is 2.20. The largest absolute Gasteiger partial charge is 0.465 e. The van der Waals surface area contributed by atoms with Gasteiger partial charge in [-0.05, 0) is 48.6 Å². The van der Waals surface area contributed by atoms with E-state index in [4.69, 9.17) is 9.84 Å². The molecule has 3 aromatic rings. The zero-order valence-electron chi connectivity index (χ0n) is 18.7. The van der Waals surface area contributed by atoms with Crippen molar-refractivity contribution < 1.29 is 9.53 Å². The normalized spacial score (nSPS) is 12.1. The van der Waals surface area contributed by atoms with E-state index in [0.717, 1.165) is 34.7 Å². The van der Waals surface area contributed by atoms with Gasteiger partial charge in [0, 0.05) is 12.0 Å². The van der Waals surface area contributed by atoms with Crippen LogP contribution in [0.2, 0.25) is 0 Å². The highest BCUT2D eigenvalue weighted by Crippen LogP contribution is 2.31. The number of aromatic nitrogens is 2. The molecule has 0 aliphatic rings. The minimum absolute atomic E-state index is 0.304. The molecule has 3 rings (SSSR count). The second kappa shape index (κ2) is 9.16. The molecule has 30 heavy (non-hydrogen) atoms. The molecular weight excluding hydrogens is 374 g/mol. The fourth-order valence-electron chi connectivity index (χ4n) is 3.37. The van der Waals surface area contributed by atoms with Crippen molar-refractivity contribution in [1.82, 2.24) is 9.78 Å². The Hall–Kier alpha value is -3.08. The van der Waals surface area contributed by atoms with Gasteiger partial charge in [0.25, 0.3) is 0 Å². The SMILES string of the molecule is CCc1ccc(Nc2cc(C(C)C(C)C)nn2-c2ccccc2C)c(C(=O)OC)c1. The minimum Gasteiger partial charge on any atom is -0.465 e. The van der Waals surface area contributed by atoms with Crippen molar-refractivity contribution in [2.75, 3.05) is 12.4 Å². The number of rotatable bonds is 7. The van der Waals surface area contributed by atoms with Crippen molar-refractivity contribution in [2.45, 2.75) is 47.0 Å². The third-order valence-electron chi connectivity index (χ3n) is 5.70. The van der Waals surface area contributed by atoms with E-state index in [1.54, 1.807) is 0 Å². The Bertz CT molecular complexity index is 1040. The molecule has 5 nitrogen and oxygen atoms in total. The smallest absolute Gasteiger partial charge is 0.339 e. The first-order valence-electron chi connectivity index (χ1n) is 10.5. The summed E-state index contributed by atoms with van der Waals surface area (Å²) in [6.45, 7) is 10.7. The fourth-order valence-corrected chi connectivity index (χ4v) is 3.37. The number of benzene rings is 2. The van der Waals surface area contributed by atoms with Gasteiger partial charge in [-0.3, -0.25) is 0 Å². The van der Waals surface area contributed by atoms with Gasteiger partial charge in [0.1, 0.15) is 5.82 Å². The van der Waals surface area contributed by atoms with E-state index in [-0.39, 0.29) is 5.97 Å². The van der Waals surface area contributed by atoms with Crippen LogP contribution in [0.3, 0.4) is 0 Å². The number of ether oxygens (including phenoxy) is 1. The number of esters is 1. The Balaban J connectivity index is 2.12. The Morgan fingerprint density at radius 1 is 1.13 bits per heavy atom. The summed E-state index contributed by atoms with van der Waals surface area (Å²) in [6.07, 6.45) is 0.849. The molecule has 1 aromatic heterocycles. The third-order valence-corrected chi connectivity index (χ3v) is 5.70. The van der Waals surface area contributed by atoms with Crippen LogP contribution in [0, 0.1) is 12.8 Å². The molecule has 5 heteroatoms. The maximum absolute atomic E-state index is 12.4. The van der Waals surface area contributed by atoms with Crippen molar-refractivity contribution in [2.24, 2.45) is 5.92 Å². The van der Waals surface area contributed by atoms with Crippen LogP contribution in [0.5, 0.6) is 0 Å². The molecule has 0 amide bonds. The molecular formula is C25H31N3O2. The zero-order valence-corrected chi connectivity index (χ0v) is 18.7. The van der Waals surface area contributed by atoms with E-state index in [1.165, 1.54) is 7.11 Å². The Morgan fingerprint density at radius 2 is 1.87 bits per heavy atom. The van der Waals surface area contributed by atoms with Crippen LogP contribution < -0.4 is 5.32 Å². The number of carbonyl (C=O) groups is 1. The molecule has 1 atom stereocenters. The lowest BCUT2D eigenvalue weighted by Crippen LogP contribution is -2.09. The molecule has 0 saturated heterocycles. The molecule has 0 aliphatic heterocycles. The lowest BCUT2D eigenvalue weighted by molar-refractivity contribution is 0.0602. The zero-order chi connectivity index (χ0) is 21.8. The van der Waals surface area contributed by atoms with E-state index < -0.39 is 0 Å². The van der Waals surface area contributed by atoms with E-state index >= 15 is 0 Å². The fraction of sp³-hybridized carbons (Fsp3) is 0.360. The third kappa shape index (κ3) is 4.40. The lowest BCUT2D eigenvalue weighted by atomic mass is 9.95. The monoisotopic (exact) mass is 405 g/mol. The van der Waals surface area contributed by atoms with Crippen LogP contribution in [0.25, 0.3) is 5.69 Å². The molecule has 0 radical (unpaired) electrons. The van der Waals surface area contributed by atoms with Crippen molar-refractivity contribution in [1.29, 1.82) is 0 Å². The first-order chi connectivity index (χ1) is 14.3. The molecule has 0 bridgehead atoms. The van der Waals surface area contributed by atoms with Gasteiger partial charge in [-0.2, -0.15) is 5.10 Å². The van der Waals surface area contributed by atoms with Gasteiger partial charge in [-0.1, -0.05) is 52.0 Å². The first kappa shape index (κ1) is 21.6. The predicted molar refractivity (Wildman–Crippen MR) is 122 cm³/mol. The number of anilines is 2. The van der Waals surface area contributed by atoms with Gasteiger partial charge in [0.05, 0.1) is 29.7 Å². The number of aryl methyl sites for hydroxylation is 2. The van der Waals surface area contributed by atoms with Crippen molar-refractivity contribution >= 4 is 17.5 Å². The molecule has 0 saturated carbocycles. The molecule has 158 valence electrons. The summed E-state index contributed by atoms with van der Waals surface area (Å²) < 4.78 is 6.95. The maximum Gasteiger partial charge on any atom is 0.339 e. The molecule has 0 spiro atoms. The second-order valence-corrected chi connectivity index (χ2v) is 8.04. The number of hydrogen-bond donors (Lipinski definition) is 1. The van der Waals surface area contributed by atoms with E-state index in [0.29, 0.717) is 23.1 Å². The summed E-state index contributed by atoms with van der Waals surface area (Å²) in [5.41, 5.74) is 5.46. The Kier molecular flexibility index (Phi) is 6.60. The van der Waals surface area contributed by atoms with E-state index in [2.05, 4.69) is 58.1 Å². The number of nitrogens with zero attached hydrogens (tertiary/aromatic N) is 2. The molecule has 1 heterocycles. The number of para-hydroxylation sites is 1. The van der Waals surface area contributed by atoms with Crippen LogP contribution in [-0.4, -0.2) is 22.9 Å². The number of methoxy groups -OCH3 is 1. The predicted octanol–water partition coefficient (Wildman–Crippen LogP) is 6.03. The van der Waals surface area contributed by atoms with E-state index in [9.17, 15) is 4.79 Å². The quantitative estimate of drug-likeness (QED) is 0.487. The summed E-state index contributed by atoms with van der Waals surface area (Å²) in [7, 11) is 1.41. The van der Waals surface area contributed by atoms with Crippen LogP contribution >= 0.6 is 0 Å². The summed E-state index contributed by atoms with van der Waals surface area (Å²) in [4.78, 5) is 12.4. The highest BCUT2D eigenvalue weighted by molar-refractivity contribution is 5.96. The summed E-state index contributed by atoms with van der Waals surface area (Å²) in [5.74, 6) is 1.23. The molecule has 1 N–H and O–H groups in total. The molecule has 0 aliphatic carbocycles. The number of carbonyl (C=O) groups excluding carboxylic acids is 1. The summed E-state index contributed by atoms with van der Waals surface area (Å²) in [6, 6.07) is 16.1. The average molecular weight is 406 g/mol. The summed E-state index contributed by atoms with van der Waals surface area (Å²) >= 11 is 0. The Morgan fingerprint density at radius 3 is 2.50 bits per heavy atom. The standard InChI is InChI=1S/C25H31N3O2/c1-7-19-12-13-21(20(14-19)25(29)30-6)26-24-15-22(18(5)16(2)3)27-28(24)23-11-9-8-10-17(23)4/h8-16,18,26H,7H2,1-6H3. The van der Waals surface area contributed by atoms with Crippen LogP contribution in [0.15, 0.2) is 48.5 Å². The Labute approximate surface area is 179 Å². The summed E-state index contributed by atoms with van der Waals surface area (Å²) in [5, 5.41) is 8.37. The number of hydrogen-bond acceptors (Lipinski definition) is 4. The van der Waals surface area contributed by atoms with E-state index in [1.807, 2.05) is 35.0 Å². The topological polar surface area (TPSA) is 56.2 Å². The molecule has 2 aromatic carbocycles.